The van der Waals surface area contributed by atoms with Crippen molar-refractivity contribution >= 4 is 22.7 Å². The third-order valence-electron chi connectivity index (χ3n) is 4.30. The van der Waals surface area contributed by atoms with Gasteiger partial charge in [-0.1, -0.05) is 31.9 Å². The predicted octanol–water partition coefficient (Wildman–Crippen LogP) is 2.76. The minimum Gasteiger partial charge on any atom is -0.369 e. The molecule has 1 heterocycles. The number of nitrogens with one attached hydrogen (secondary N) is 2. The largest absolute Gasteiger partial charge is 0.369 e. The maximum Gasteiger partial charge on any atom is 0.239 e. The minimum atomic E-state index is 0.450. The Kier molecular flexibility index (Phi) is 3.69. The normalized spacial score (nSPS) is 22.1. The quantitative estimate of drug-likeness (QED) is 0.589. The molecule has 2 unspecified atom stereocenters. The van der Waals surface area contributed by atoms with Crippen LogP contribution in [0.25, 0.3) is 10.9 Å². The molecule has 0 amide bonds. The molecule has 106 valence electrons. The summed E-state index contributed by atoms with van der Waals surface area (Å²) in [6.45, 7) is 3.30. The average molecular weight is 271 g/mol. The Hall–Kier alpha value is -1.88. The zero-order valence-electron chi connectivity index (χ0n) is 11.8. The lowest BCUT2D eigenvalue weighted by Crippen LogP contribution is -2.18. The highest BCUT2D eigenvalue weighted by molar-refractivity contribution is 5.89. The Bertz CT molecular complexity index is 598. The van der Waals surface area contributed by atoms with Gasteiger partial charge in [-0.15, -0.1) is 0 Å². The molecule has 4 N–H and O–H groups in total. The van der Waals surface area contributed by atoms with Crippen molar-refractivity contribution in [2.24, 2.45) is 17.7 Å². The first-order valence-corrected chi connectivity index (χ1v) is 7.25. The van der Waals surface area contributed by atoms with Crippen molar-refractivity contribution in [3.63, 3.8) is 0 Å². The van der Waals surface area contributed by atoms with Crippen LogP contribution in [0.15, 0.2) is 24.3 Å². The number of rotatable bonds is 4. The summed E-state index contributed by atoms with van der Waals surface area (Å²) >= 11 is 0. The highest BCUT2D eigenvalue weighted by atomic mass is 15.3. The van der Waals surface area contributed by atoms with Crippen molar-refractivity contribution in [2.45, 2.75) is 26.2 Å². The van der Waals surface area contributed by atoms with Crippen molar-refractivity contribution < 1.29 is 0 Å². The van der Waals surface area contributed by atoms with Gasteiger partial charge in [-0.2, -0.15) is 4.98 Å². The third-order valence-corrected chi connectivity index (χ3v) is 4.30. The molecule has 5 heteroatoms. The first-order chi connectivity index (χ1) is 9.78. The van der Waals surface area contributed by atoms with E-state index >= 15 is 0 Å². The van der Waals surface area contributed by atoms with Crippen molar-refractivity contribution in [1.29, 1.82) is 0 Å². The van der Waals surface area contributed by atoms with Crippen LogP contribution in [-0.4, -0.2) is 16.5 Å². The SMILES string of the molecule is CC1CCCC1CNc1nc(NN)nc2ccccc12. The van der Waals surface area contributed by atoms with E-state index < -0.39 is 0 Å². The Balaban J connectivity index is 1.85. The first-order valence-electron chi connectivity index (χ1n) is 7.25. The molecule has 1 aromatic carbocycles. The zero-order chi connectivity index (χ0) is 13.9. The van der Waals surface area contributed by atoms with Crippen molar-refractivity contribution in [2.75, 3.05) is 17.3 Å². The summed E-state index contributed by atoms with van der Waals surface area (Å²) in [4.78, 5) is 8.81. The Morgan fingerprint density at radius 3 is 2.85 bits per heavy atom. The standard InChI is InChI=1S/C15H21N5/c1-10-5-4-6-11(10)9-17-14-12-7-2-3-8-13(12)18-15(19-14)20-16/h2-3,7-8,10-11H,4-6,9,16H2,1H3,(H2,17,18,19,20). The van der Waals surface area contributed by atoms with Gasteiger partial charge in [0.25, 0.3) is 0 Å². The van der Waals surface area contributed by atoms with E-state index in [-0.39, 0.29) is 0 Å². The van der Waals surface area contributed by atoms with Crippen molar-refractivity contribution in [3.05, 3.63) is 24.3 Å². The van der Waals surface area contributed by atoms with E-state index in [1.54, 1.807) is 0 Å². The molecule has 1 saturated carbocycles. The molecule has 1 fully saturated rings. The zero-order valence-corrected chi connectivity index (χ0v) is 11.8. The highest BCUT2D eigenvalue weighted by Crippen LogP contribution is 2.31. The molecule has 2 aromatic rings. The monoisotopic (exact) mass is 271 g/mol. The van der Waals surface area contributed by atoms with Crippen LogP contribution in [0.2, 0.25) is 0 Å². The number of para-hydroxylation sites is 1. The molecule has 0 spiro atoms. The third kappa shape index (κ3) is 2.54. The Labute approximate surface area is 119 Å². The Morgan fingerprint density at radius 2 is 2.10 bits per heavy atom. The lowest BCUT2D eigenvalue weighted by molar-refractivity contribution is 0.439. The fourth-order valence-corrected chi connectivity index (χ4v) is 3.03. The van der Waals surface area contributed by atoms with E-state index in [4.69, 9.17) is 5.84 Å². The Morgan fingerprint density at radius 1 is 1.25 bits per heavy atom. The van der Waals surface area contributed by atoms with Gasteiger partial charge in [0.05, 0.1) is 5.52 Å². The lowest BCUT2D eigenvalue weighted by atomic mass is 9.98. The van der Waals surface area contributed by atoms with Gasteiger partial charge in [-0.25, -0.2) is 10.8 Å². The van der Waals surface area contributed by atoms with Gasteiger partial charge in [-0.3, -0.25) is 5.43 Å². The smallest absolute Gasteiger partial charge is 0.239 e. The van der Waals surface area contributed by atoms with E-state index in [2.05, 4.69) is 27.6 Å². The number of nitrogens with two attached hydrogens (primary N) is 1. The predicted molar refractivity (Wildman–Crippen MR) is 82.3 cm³/mol. The summed E-state index contributed by atoms with van der Waals surface area (Å²) in [5, 5.41) is 4.53. The molecule has 2 atom stereocenters. The molecular weight excluding hydrogens is 250 g/mol. The molecule has 0 aliphatic heterocycles. The van der Waals surface area contributed by atoms with Crippen LogP contribution in [0.4, 0.5) is 11.8 Å². The van der Waals surface area contributed by atoms with Crippen LogP contribution in [0, 0.1) is 11.8 Å². The summed E-state index contributed by atoms with van der Waals surface area (Å²) in [6, 6.07) is 7.99. The summed E-state index contributed by atoms with van der Waals surface area (Å²) in [5.41, 5.74) is 3.43. The number of benzene rings is 1. The van der Waals surface area contributed by atoms with Crippen LogP contribution in [0.5, 0.6) is 0 Å². The number of fused-ring (bicyclic) bond motifs is 1. The van der Waals surface area contributed by atoms with E-state index in [0.717, 1.165) is 35.1 Å². The van der Waals surface area contributed by atoms with E-state index in [1.165, 1.54) is 19.3 Å². The van der Waals surface area contributed by atoms with E-state index in [1.807, 2.05) is 24.3 Å². The van der Waals surface area contributed by atoms with Gasteiger partial charge in [0, 0.05) is 11.9 Å². The molecule has 0 saturated heterocycles. The van der Waals surface area contributed by atoms with Crippen molar-refractivity contribution in [1.82, 2.24) is 9.97 Å². The number of nitrogens with zero attached hydrogens (tertiary/aromatic N) is 2. The number of aromatic nitrogens is 2. The molecule has 1 aromatic heterocycles. The minimum absolute atomic E-state index is 0.450. The van der Waals surface area contributed by atoms with Gasteiger partial charge in [-0.05, 0) is 30.4 Å². The van der Waals surface area contributed by atoms with Gasteiger partial charge >= 0.3 is 0 Å². The molecule has 0 radical (unpaired) electrons. The second kappa shape index (κ2) is 5.63. The van der Waals surface area contributed by atoms with E-state index in [0.29, 0.717) is 5.95 Å². The summed E-state index contributed by atoms with van der Waals surface area (Å²) in [7, 11) is 0. The van der Waals surface area contributed by atoms with Crippen LogP contribution in [-0.2, 0) is 0 Å². The maximum atomic E-state index is 5.45. The van der Waals surface area contributed by atoms with Crippen LogP contribution < -0.4 is 16.6 Å². The van der Waals surface area contributed by atoms with Gasteiger partial charge in [0.2, 0.25) is 5.95 Å². The number of anilines is 2. The molecular formula is C15H21N5. The van der Waals surface area contributed by atoms with Crippen LogP contribution in [0.1, 0.15) is 26.2 Å². The first kappa shape index (κ1) is 13.1. The summed E-state index contributed by atoms with van der Waals surface area (Å²) in [5.74, 6) is 8.29. The van der Waals surface area contributed by atoms with Crippen LogP contribution >= 0.6 is 0 Å². The summed E-state index contributed by atoms with van der Waals surface area (Å²) < 4.78 is 0. The lowest BCUT2D eigenvalue weighted by Gasteiger charge is -2.17. The van der Waals surface area contributed by atoms with Gasteiger partial charge in [0.15, 0.2) is 0 Å². The van der Waals surface area contributed by atoms with Crippen molar-refractivity contribution in [3.8, 4) is 0 Å². The molecule has 5 nitrogen and oxygen atoms in total. The average Bonchev–Trinajstić information content (AvgIpc) is 2.89. The molecule has 20 heavy (non-hydrogen) atoms. The number of hydrazine groups is 1. The second-order valence-corrected chi connectivity index (χ2v) is 5.61. The molecule has 1 aliphatic rings. The number of nitrogen functional groups attached to an aromatic ring is 1. The number of hydrogen-bond acceptors (Lipinski definition) is 5. The topological polar surface area (TPSA) is 75.9 Å². The number of hydrogen-bond donors (Lipinski definition) is 3. The second-order valence-electron chi connectivity index (χ2n) is 5.61. The van der Waals surface area contributed by atoms with Gasteiger partial charge in [0.1, 0.15) is 5.82 Å². The fourth-order valence-electron chi connectivity index (χ4n) is 3.03. The molecule has 1 aliphatic carbocycles. The summed E-state index contributed by atoms with van der Waals surface area (Å²) in [6.07, 6.45) is 3.99. The molecule has 0 bridgehead atoms. The fraction of sp³-hybridized carbons (Fsp3) is 0.467. The van der Waals surface area contributed by atoms with E-state index in [9.17, 15) is 0 Å². The van der Waals surface area contributed by atoms with Crippen LogP contribution in [0.3, 0.4) is 0 Å². The molecule has 3 rings (SSSR count). The highest BCUT2D eigenvalue weighted by Gasteiger charge is 2.23. The van der Waals surface area contributed by atoms with Gasteiger partial charge < -0.3 is 5.32 Å². The maximum absolute atomic E-state index is 5.45.